The number of ether oxygens (including phenoxy) is 1. The molecule has 1 aromatic heterocycles. The lowest BCUT2D eigenvalue weighted by atomic mass is 9.97. The normalized spacial score (nSPS) is 13.8. The van der Waals surface area contributed by atoms with E-state index in [0.717, 1.165) is 39.4 Å². The Morgan fingerprint density at radius 1 is 0.893 bits per heavy atom. The Morgan fingerprint density at radius 3 is 2.36 bits per heavy atom. The number of hydrogen-bond donors (Lipinski definition) is 0. The predicted octanol–water partition coefficient (Wildman–Crippen LogP) is 5.77. The summed E-state index contributed by atoms with van der Waals surface area (Å²) < 4.78 is 19.2. The fourth-order valence-corrected chi connectivity index (χ4v) is 3.32. The molecule has 1 aliphatic heterocycles. The van der Waals surface area contributed by atoms with Crippen LogP contribution in [-0.4, -0.2) is 16.8 Å². The summed E-state index contributed by atoms with van der Waals surface area (Å²) in [5.74, 6) is 0.575. The van der Waals surface area contributed by atoms with Gasteiger partial charge in [0.25, 0.3) is 0 Å². The maximum Gasteiger partial charge on any atom is 0.123 e. The van der Waals surface area contributed by atoms with Crippen LogP contribution in [-0.2, 0) is 0 Å². The number of halogens is 1. The molecule has 0 saturated carbocycles. The standard InChI is InChI=1S/C24H21FN2O/c1-16(2)28-21-5-3-4-19(14-21)23-15-22(17-10-12-26-13-11-17)24(27-23)18-6-8-20(25)9-7-18/h3-14,16H,15H2,1-2H3. The van der Waals surface area contributed by atoms with Crippen LogP contribution in [0.5, 0.6) is 5.75 Å². The van der Waals surface area contributed by atoms with E-state index in [0.29, 0.717) is 6.42 Å². The third kappa shape index (κ3) is 3.86. The van der Waals surface area contributed by atoms with Crippen molar-refractivity contribution in [2.75, 3.05) is 0 Å². The van der Waals surface area contributed by atoms with Gasteiger partial charge in [0.1, 0.15) is 11.6 Å². The molecule has 2 heterocycles. The average molecular weight is 372 g/mol. The van der Waals surface area contributed by atoms with E-state index < -0.39 is 0 Å². The molecular formula is C24H21FN2O. The van der Waals surface area contributed by atoms with Crippen LogP contribution in [0.3, 0.4) is 0 Å². The zero-order chi connectivity index (χ0) is 19.5. The maximum absolute atomic E-state index is 13.4. The van der Waals surface area contributed by atoms with Gasteiger partial charge in [0.15, 0.2) is 0 Å². The molecule has 0 amide bonds. The molecule has 4 rings (SSSR count). The number of nitrogens with zero attached hydrogens (tertiary/aromatic N) is 2. The van der Waals surface area contributed by atoms with Crippen LogP contribution in [0.1, 0.15) is 37.0 Å². The van der Waals surface area contributed by atoms with Gasteiger partial charge in [-0.3, -0.25) is 9.98 Å². The Kier molecular flexibility index (Phi) is 5.02. The van der Waals surface area contributed by atoms with Gasteiger partial charge in [-0.1, -0.05) is 12.1 Å². The number of pyridine rings is 1. The van der Waals surface area contributed by atoms with Crippen molar-refractivity contribution in [2.45, 2.75) is 26.4 Å². The van der Waals surface area contributed by atoms with Crippen molar-refractivity contribution in [3.05, 3.63) is 95.6 Å². The molecule has 3 nitrogen and oxygen atoms in total. The van der Waals surface area contributed by atoms with Crippen LogP contribution in [0.15, 0.2) is 78.0 Å². The fraction of sp³-hybridized carbons (Fsp3) is 0.167. The smallest absolute Gasteiger partial charge is 0.123 e. The first kappa shape index (κ1) is 18.1. The number of rotatable bonds is 5. The van der Waals surface area contributed by atoms with Crippen molar-refractivity contribution < 1.29 is 9.13 Å². The third-order valence-electron chi connectivity index (χ3n) is 4.56. The first-order valence-electron chi connectivity index (χ1n) is 9.34. The van der Waals surface area contributed by atoms with Crippen molar-refractivity contribution in [3.8, 4) is 5.75 Å². The van der Waals surface area contributed by atoms with E-state index in [1.807, 2.05) is 50.2 Å². The Bertz CT molecular complexity index is 1040. The lowest BCUT2D eigenvalue weighted by Crippen LogP contribution is -2.06. The van der Waals surface area contributed by atoms with E-state index in [9.17, 15) is 4.39 Å². The highest BCUT2D eigenvalue weighted by molar-refractivity contribution is 6.16. The molecule has 0 fully saturated rings. The minimum absolute atomic E-state index is 0.112. The Morgan fingerprint density at radius 2 is 1.64 bits per heavy atom. The van der Waals surface area contributed by atoms with Crippen LogP contribution < -0.4 is 4.74 Å². The highest BCUT2D eigenvalue weighted by Gasteiger charge is 2.22. The molecule has 4 heteroatoms. The molecule has 0 unspecified atom stereocenters. The molecule has 3 aromatic rings. The molecule has 140 valence electrons. The van der Waals surface area contributed by atoms with Crippen LogP contribution in [0.4, 0.5) is 4.39 Å². The zero-order valence-corrected chi connectivity index (χ0v) is 15.9. The number of aliphatic imine (C=N–C) groups is 1. The highest BCUT2D eigenvalue weighted by atomic mass is 19.1. The quantitative estimate of drug-likeness (QED) is 0.570. The molecule has 28 heavy (non-hydrogen) atoms. The minimum Gasteiger partial charge on any atom is -0.491 e. The summed E-state index contributed by atoms with van der Waals surface area (Å²) in [7, 11) is 0. The summed E-state index contributed by atoms with van der Waals surface area (Å²) in [4.78, 5) is 9.05. The SMILES string of the molecule is CC(C)Oc1cccc(C2=NC(c3ccc(F)cc3)=C(c3ccncc3)C2)c1. The number of allylic oxidation sites excluding steroid dienone is 1. The summed E-state index contributed by atoms with van der Waals surface area (Å²) >= 11 is 0. The van der Waals surface area contributed by atoms with Crippen molar-refractivity contribution in [1.82, 2.24) is 4.98 Å². The lowest BCUT2D eigenvalue weighted by Gasteiger charge is -2.11. The second kappa shape index (κ2) is 7.77. The van der Waals surface area contributed by atoms with Gasteiger partial charge in [-0.2, -0.15) is 0 Å². The lowest BCUT2D eigenvalue weighted by molar-refractivity contribution is 0.242. The van der Waals surface area contributed by atoms with Gasteiger partial charge < -0.3 is 4.74 Å². The molecule has 0 bridgehead atoms. The predicted molar refractivity (Wildman–Crippen MR) is 111 cm³/mol. The maximum atomic E-state index is 13.4. The molecule has 0 saturated heterocycles. The van der Waals surface area contributed by atoms with Gasteiger partial charge in [-0.05, 0) is 79.1 Å². The van der Waals surface area contributed by atoms with Gasteiger partial charge in [0, 0.05) is 24.4 Å². The molecule has 1 aliphatic rings. The number of aromatic nitrogens is 1. The van der Waals surface area contributed by atoms with Gasteiger partial charge in [0.05, 0.1) is 17.5 Å². The van der Waals surface area contributed by atoms with Gasteiger partial charge in [0.2, 0.25) is 0 Å². The summed E-state index contributed by atoms with van der Waals surface area (Å²) in [6, 6.07) is 18.5. The minimum atomic E-state index is -0.254. The molecule has 0 aliphatic carbocycles. The number of hydrogen-bond acceptors (Lipinski definition) is 3. The Balaban J connectivity index is 1.75. The molecule has 0 N–H and O–H groups in total. The summed E-state index contributed by atoms with van der Waals surface area (Å²) in [6.07, 6.45) is 4.36. The topological polar surface area (TPSA) is 34.5 Å². The second-order valence-electron chi connectivity index (χ2n) is 7.00. The molecule has 0 spiro atoms. The van der Waals surface area contributed by atoms with Crippen LogP contribution in [0, 0.1) is 5.82 Å². The first-order chi connectivity index (χ1) is 13.6. The van der Waals surface area contributed by atoms with E-state index in [2.05, 4.69) is 4.98 Å². The molecule has 2 aromatic carbocycles. The Hall–Kier alpha value is -3.27. The fourth-order valence-electron chi connectivity index (χ4n) is 3.32. The summed E-state index contributed by atoms with van der Waals surface area (Å²) in [5, 5.41) is 0. The monoisotopic (exact) mass is 372 g/mol. The van der Waals surface area contributed by atoms with Crippen LogP contribution in [0.2, 0.25) is 0 Å². The van der Waals surface area contributed by atoms with E-state index in [1.165, 1.54) is 12.1 Å². The van der Waals surface area contributed by atoms with E-state index in [1.54, 1.807) is 24.5 Å². The first-order valence-corrected chi connectivity index (χ1v) is 9.34. The third-order valence-corrected chi connectivity index (χ3v) is 4.56. The molecule has 0 atom stereocenters. The second-order valence-corrected chi connectivity index (χ2v) is 7.00. The molecular weight excluding hydrogens is 351 g/mol. The largest absolute Gasteiger partial charge is 0.491 e. The summed E-state index contributed by atoms with van der Waals surface area (Å²) in [5.41, 5.74) is 5.96. The van der Waals surface area contributed by atoms with Crippen molar-refractivity contribution in [2.24, 2.45) is 4.99 Å². The summed E-state index contributed by atoms with van der Waals surface area (Å²) in [6.45, 7) is 4.02. The van der Waals surface area contributed by atoms with Crippen molar-refractivity contribution in [1.29, 1.82) is 0 Å². The Labute approximate surface area is 164 Å². The molecule has 0 radical (unpaired) electrons. The average Bonchev–Trinajstić information content (AvgIpc) is 3.14. The number of benzene rings is 2. The van der Waals surface area contributed by atoms with Crippen molar-refractivity contribution >= 4 is 17.0 Å². The zero-order valence-electron chi connectivity index (χ0n) is 15.9. The van der Waals surface area contributed by atoms with Gasteiger partial charge >= 0.3 is 0 Å². The van der Waals surface area contributed by atoms with Gasteiger partial charge in [-0.25, -0.2) is 4.39 Å². The highest BCUT2D eigenvalue weighted by Crippen LogP contribution is 2.37. The van der Waals surface area contributed by atoms with Crippen LogP contribution >= 0.6 is 0 Å². The van der Waals surface area contributed by atoms with E-state index in [4.69, 9.17) is 9.73 Å². The van der Waals surface area contributed by atoms with Gasteiger partial charge in [-0.15, -0.1) is 0 Å². The van der Waals surface area contributed by atoms with E-state index >= 15 is 0 Å². The van der Waals surface area contributed by atoms with Crippen LogP contribution in [0.25, 0.3) is 11.3 Å². The van der Waals surface area contributed by atoms with Crippen molar-refractivity contribution in [3.63, 3.8) is 0 Å². The van der Waals surface area contributed by atoms with E-state index in [-0.39, 0.29) is 11.9 Å².